The van der Waals surface area contributed by atoms with Gasteiger partial charge < -0.3 is 19.2 Å². The van der Waals surface area contributed by atoms with Crippen molar-refractivity contribution in [3.8, 4) is 0 Å². The van der Waals surface area contributed by atoms with E-state index in [1.165, 1.54) is 0 Å². The van der Waals surface area contributed by atoms with Crippen LogP contribution in [0.2, 0.25) is 0 Å². The summed E-state index contributed by atoms with van der Waals surface area (Å²) in [7, 11) is -7.48. The predicted molar refractivity (Wildman–Crippen MR) is 26.7 cm³/mol. The van der Waals surface area contributed by atoms with Gasteiger partial charge in [0, 0.05) is 4.57 Å². The molecule has 6 N–H and O–H groups in total. The third kappa shape index (κ3) is 50500. The van der Waals surface area contributed by atoms with Crippen LogP contribution in [0.1, 0.15) is 0 Å². The lowest BCUT2D eigenvalue weighted by Crippen LogP contribution is -2.33. The van der Waals surface area contributed by atoms with E-state index in [4.69, 9.17) is 33.5 Å². The SMILES string of the molecule is O=[P+](O)O.O[Si](O)(O)O. The molecule has 0 heterocycles. The minimum atomic E-state index is -4.61. The summed E-state index contributed by atoms with van der Waals surface area (Å²) >= 11 is 0. The molecule has 0 fully saturated rings. The zero-order chi connectivity index (χ0) is 8.08. The van der Waals surface area contributed by atoms with Crippen LogP contribution >= 0.6 is 8.25 Å². The van der Waals surface area contributed by atoms with Crippen LogP contribution < -0.4 is 0 Å². The van der Waals surface area contributed by atoms with Crippen LogP contribution in [0.4, 0.5) is 0 Å². The predicted octanol–water partition coefficient (Wildman–Crippen LogP) is -2.98. The molecule has 7 nitrogen and oxygen atoms in total. The summed E-state index contributed by atoms with van der Waals surface area (Å²) in [5.74, 6) is 0. The van der Waals surface area contributed by atoms with Crippen molar-refractivity contribution in [2.24, 2.45) is 0 Å². The van der Waals surface area contributed by atoms with Gasteiger partial charge in [0.1, 0.15) is 0 Å². The van der Waals surface area contributed by atoms with E-state index >= 15 is 0 Å². The van der Waals surface area contributed by atoms with Gasteiger partial charge in [-0.1, -0.05) is 0 Å². The Morgan fingerprint density at radius 1 is 1.00 bits per heavy atom. The highest BCUT2D eigenvalue weighted by molar-refractivity contribution is 7.30. The first-order valence-corrected chi connectivity index (χ1v) is 4.43. The first-order valence-electron chi connectivity index (χ1n) is 1.48. The van der Waals surface area contributed by atoms with Gasteiger partial charge in [0.15, 0.2) is 0 Å². The normalized spacial score (nSPS) is 9.56. The van der Waals surface area contributed by atoms with Crippen LogP contribution in [-0.4, -0.2) is 38.0 Å². The van der Waals surface area contributed by atoms with E-state index < -0.39 is 17.3 Å². The summed E-state index contributed by atoms with van der Waals surface area (Å²) in [6.45, 7) is 0. The third-order valence-electron chi connectivity index (χ3n) is 0. The molecule has 0 aliphatic rings. The Kier molecular flexibility index (Phi) is 6.45. The Morgan fingerprint density at radius 3 is 1.00 bits per heavy atom. The fraction of sp³-hybridized carbons (Fsp3) is 0. The van der Waals surface area contributed by atoms with E-state index in [-0.39, 0.29) is 0 Å². The van der Waals surface area contributed by atoms with Crippen molar-refractivity contribution in [2.75, 3.05) is 0 Å². The topological polar surface area (TPSA) is 138 Å². The van der Waals surface area contributed by atoms with Crippen molar-refractivity contribution in [1.29, 1.82) is 0 Å². The molecule has 0 bridgehead atoms. The van der Waals surface area contributed by atoms with Crippen LogP contribution in [-0.2, 0) is 4.57 Å². The molecule has 0 aliphatic heterocycles. The minimum Gasteiger partial charge on any atom is -0.368 e. The molecule has 0 unspecified atom stereocenters. The molecule has 0 saturated carbocycles. The highest BCUT2D eigenvalue weighted by atomic mass is 31.1. The molecule has 0 rings (SSSR count). The Labute approximate surface area is 51.9 Å². The molecule has 0 atom stereocenters. The molecule has 0 spiro atoms. The maximum Gasteiger partial charge on any atom is 0.692 e. The van der Waals surface area contributed by atoms with E-state index in [1.807, 2.05) is 0 Å². The Balaban J connectivity index is 0. The van der Waals surface area contributed by atoms with Gasteiger partial charge in [0.25, 0.3) is 0 Å². The Morgan fingerprint density at radius 2 is 1.00 bits per heavy atom. The van der Waals surface area contributed by atoms with Crippen LogP contribution in [0.3, 0.4) is 0 Å². The second-order valence-corrected chi connectivity index (χ2v) is 2.56. The molecule has 0 aromatic heterocycles. The first-order chi connectivity index (χ1) is 3.73. The zero-order valence-electron chi connectivity index (χ0n) is 4.04. The monoisotopic (exact) mass is 177 g/mol. The van der Waals surface area contributed by atoms with Gasteiger partial charge in [-0.05, 0) is 0 Å². The lowest BCUT2D eigenvalue weighted by Gasteiger charge is -1.91. The van der Waals surface area contributed by atoms with Gasteiger partial charge in [-0.2, -0.15) is 0 Å². The maximum atomic E-state index is 8.70. The van der Waals surface area contributed by atoms with Crippen molar-refractivity contribution in [2.45, 2.75) is 0 Å². The second kappa shape index (κ2) is 4.91. The van der Waals surface area contributed by atoms with E-state index in [0.29, 0.717) is 0 Å². The van der Waals surface area contributed by atoms with Crippen LogP contribution in [0.15, 0.2) is 0 Å². The van der Waals surface area contributed by atoms with Gasteiger partial charge in [0.2, 0.25) is 0 Å². The van der Waals surface area contributed by atoms with Crippen LogP contribution in [0.25, 0.3) is 0 Å². The van der Waals surface area contributed by atoms with Crippen LogP contribution in [0, 0.1) is 0 Å². The summed E-state index contributed by atoms with van der Waals surface area (Å²) in [5, 5.41) is 0. The van der Waals surface area contributed by atoms with Gasteiger partial charge in [-0.25, -0.2) is 0 Å². The lowest BCUT2D eigenvalue weighted by molar-refractivity contribution is 0.117. The fourth-order valence-electron chi connectivity index (χ4n) is 0. The smallest absolute Gasteiger partial charge is 0.368 e. The van der Waals surface area contributed by atoms with Crippen molar-refractivity contribution >= 4 is 17.3 Å². The standard InChI is InChI=1S/H4O4Si.HO3P/c1-5(2,3)4;1-4(2)3/h1-4H;(H-,1,2,3)/p+1. The lowest BCUT2D eigenvalue weighted by atomic mass is 15.7. The second-order valence-electron chi connectivity index (χ2n) is 0.853. The summed E-state index contributed by atoms with van der Waals surface area (Å²) < 4.78 is 8.70. The molecular formula is H6O7PSi+. The van der Waals surface area contributed by atoms with E-state index in [1.54, 1.807) is 0 Å². The fourth-order valence-corrected chi connectivity index (χ4v) is 0. The van der Waals surface area contributed by atoms with Crippen molar-refractivity contribution in [3.05, 3.63) is 0 Å². The van der Waals surface area contributed by atoms with Crippen molar-refractivity contribution in [3.63, 3.8) is 0 Å². The molecule has 0 amide bonds. The van der Waals surface area contributed by atoms with Crippen LogP contribution in [0.5, 0.6) is 0 Å². The molecular weight excluding hydrogens is 171 g/mol. The van der Waals surface area contributed by atoms with E-state index in [0.717, 1.165) is 0 Å². The highest BCUT2D eigenvalue weighted by Gasteiger charge is 2.22. The Bertz CT molecular complexity index is 71.4. The maximum absolute atomic E-state index is 8.70. The third-order valence-corrected chi connectivity index (χ3v) is 0. The minimum absolute atomic E-state index is 2.87. The zero-order valence-corrected chi connectivity index (χ0v) is 5.93. The molecule has 9 heavy (non-hydrogen) atoms. The van der Waals surface area contributed by atoms with Crippen molar-refractivity contribution < 1.29 is 33.5 Å². The summed E-state index contributed by atoms with van der Waals surface area (Å²) in [5.41, 5.74) is 0. The molecule has 56 valence electrons. The quantitative estimate of drug-likeness (QED) is 0.171. The Hall–Kier alpha value is 0.0769. The molecule has 0 aliphatic carbocycles. The van der Waals surface area contributed by atoms with Crippen molar-refractivity contribution in [1.82, 2.24) is 0 Å². The average Bonchev–Trinajstić information content (AvgIpc) is 1.19. The van der Waals surface area contributed by atoms with Gasteiger partial charge >= 0.3 is 17.3 Å². The number of rotatable bonds is 0. The number of hydrogen-bond donors (Lipinski definition) is 6. The van der Waals surface area contributed by atoms with E-state index in [9.17, 15) is 0 Å². The summed E-state index contributed by atoms with van der Waals surface area (Å²) in [6, 6.07) is 0. The molecule has 9 heteroatoms. The molecule has 0 saturated heterocycles. The summed E-state index contributed by atoms with van der Waals surface area (Å²) in [6.07, 6.45) is 0. The molecule has 0 radical (unpaired) electrons. The van der Waals surface area contributed by atoms with E-state index in [2.05, 4.69) is 0 Å². The number of hydrogen-bond acceptors (Lipinski definition) is 5. The molecule has 0 aromatic carbocycles. The van der Waals surface area contributed by atoms with Gasteiger partial charge in [-0.15, -0.1) is 9.79 Å². The average molecular weight is 177 g/mol. The largest absolute Gasteiger partial charge is 0.692 e. The summed E-state index contributed by atoms with van der Waals surface area (Å²) in [4.78, 5) is 43.5. The molecule has 0 aromatic rings. The van der Waals surface area contributed by atoms with Gasteiger partial charge in [0.05, 0.1) is 0 Å². The highest BCUT2D eigenvalue weighted by Crippen LogP contribution is 1.98. The van der Waals surface area contributed by atoms with Gasteiger partial charge in [-0.3, -0.25) is 0 Å². The first kappa shape index (κ1) is 11.8.